The number of ether oxygens (including phenoxy) is 2. The number of fused-ring (bicyclic) bond motifs is 1. The van der Waals surface area contributed by atoms with Crippen LogP contribution in [0.4, 0.5) is 0 Å². The molecule has 0 aromatic heterocycles. The molecule has 1 aliphatic carbocycles. The summed E-state index contributed by atoms with van der Waals surface area (Å²) in [5.74, 6) is 0.0936. The smallest absolute Gasteiger partial charge is 0.337 e. The van der Waals surface area contributed by atoms with Gasteiger partial charge in [-0.25, -0.2) is 4.79 Å². The summed E-state index contributed by atoms with van der Waals surface area (Å²) in [6.07, 6.45) is 0. The third-order valence-corrected chi connectivity index (χ3v) is 4.03. The van der Waals surface area contributed by atoms with Crippen molar-refractivity contribution in [2.75, 3.05) is 13.7 Å². The second kappa shape index (κ2) is 6.66. The molecule has 5 nitrogen and oxygen atoms in total. The quantitative estimate of drug-likeness (QED) is 0.618. The van der Waals surface area contributed by atoms with E-state index < -0.39 is 12.0 Å². The molecule has 5 heteroatoms. The summed E-state index contributed by atoms with van der Waals surface area (Å²) in [5, 5.41) is 3.20. The van der Waals surface area contributed by atoms with E-state index in [1.165, 1.54) is 0 Å². The van der Waals surface area contributed by atoms with Crippen LogP contribution >= 0.6 is 0 Å². The lowest BCUT2D eigenvalue weighted by Crippen LogP contribution is -2.12. The van der Waals surface area contributed by atoms with Crippen molar-refractivity contribution in [3.05, 3.63) is 75.7 Å². The number of nitroso groups, excluding NO2 is 1. The monoisotopic (exact) mass is 323 g/mol. The predicted octanol–water partition coefficient (Wildman–Crippen LogP) is 3.88. The number of esters is 1. The largest absolute Gasteiger partial charge is 0.497 e. The Kier molecular flexibility index (Phi) is 4.42. The highest BCUT2D eigenvalue weighted by Gasteiger charge is 2.38. The first-order valence-corrected chi connectivity index (χ1v) is 7.68. The van der Waals surface area contributed by atoms with Gasteiger partial charge in [0.2, 0.25) is 0 Å². The highest BCUT2D eigenvalue weighted by Crippen LogP contribution is 2.47. The van der Waals surface area contributed by atoms with E-state index >= 15 is 0 Å². The lowest BCUT2D eigenvalue weighted by Gasteiger charge is -2.09. The number of rotatable bonds is 5. The maximum Gasteiger partial charge on any atom is 0.337 e. The third kappa shape index (κ3) is 2.58. The van der Waals surface area contributed by atoms with Gasteiger partial charge in [-0.3, -0.25) is 0 Å². The summed E-state index contributed by atoms with van der Waals surface area (Å²) < 4.78 is 10.4. The molecular formula is C19H17NO4. The van der Waals surface area contributed by atoms with Gasteiger partial charge in [-0.05, 0) is 35.7 Å². The first-order valence-electron chi connectivity index (χ1n) is 7.68. The summed E-state index contributed by atoms with van der Waals surface area (Å²) in [6.45, 7) is 1.96. The van der Waals surface area contributed by atoms with Gasteiger partial charge in [-0.1, -0.05) is 41.6 Å². The molecule has 0 fully saturated rings. The van der Waals surface area contributed by atoms with Gasteiger partial charge in [0.05, 0.1) is 19.3 Å². The zero-order chi connectivity index (χ0) is 17.1. The average Bonchev–Trinajstić information content (AvgIpc) is 2.96. The third-order valence-electron chi connectivity index (χ3n) is 4.03. The van der Waals surface area contributed by atoms with Crippen LogP contribution in [-0.2, 0) is 9.53 Å². The van der Waals surface area contributed by atoms with Crippen molar-refractivity contribution in [1.82, 2.24) is 0 Å². The Labute approximate surface area is 139 Å². The number of nitrogens with zero attached hydrogens (tertiary/aromatic N) is 1. The number of methoxy groups -OCH3 is 1. The fourth-order valence-corrected chi connectivity index (χ4v) is 3.01. The van der Waals surface area contributed by atoms with Gasteiger partial charge >= 0.3 is 5.97 Å². The number of benzene rings is 2. The number of hydrogen-bond donors (Lipinski definition) is 0. The summed E-state index contributed by atoms with van der Waals surface area (Å²) in [5.41, 5.74) is 3.27. The van der Waals surface area contributed by atoms with Crippen LogP contribution in [0.1, 0.15) is 29.7 Å². The average molecular weight is 323 g/mol. The topological polar surface area (TPSA) is 65.0 Å². The molecule has 0 aliphatic heterocycles. The lowest BCUT2D eigenvalue weighted by atomic mass is 9.97. The van der Waals surface area contributed by atoms with Crippen LogP contribution in [0.5, 0.6) is 5.75 Å². The molecule has 2 aromatic rings. The molecule has 0 bridgehead atoms. The van der Waals surface area contributed by atoms with Gasteiger partial charge in [-0.2, -0.15) is 0 Å². The van der Waals surface area contributed by atoms with Crippen molar-refractivity contribution in [1.29, 1.82) is 0 Å². The molecular weight excluding hydrogens is 306 g/mol. The Balaban J connectivity index is 2.26. The summed E-state index contributed by atoms with van der Waals surface area (Å²) >= 11 is 0. The molecule has 1 unspecified atom stereocenters. The SMILES string of the molecule is CCOC(=O)C1=C(c2ccccc2)c2ccc(OC)cc2C1N=O. The Morgan fingerprint density at radius 2 is 1.92 bits per heavy atom. The zero-order valence-corrected chi connectivity index (χ0v) is 13.5. The molecule has 3 rings (SSSR count). The van der Waals surface area contributed by atoms with Crippen molar-refractivity contribution in [2.24, 2.45) is 5.18 Å². The van der Waals surface area contributed by atoms with Crippen molar-refractivity contribution in [3.63, 3.8) is 0 Å². The minimum atomic E-state index is -0.899. The van der Waals surface area contributed by atoms with Crippen LogP contribution in [-0.4, -0.2) is 19.7 Å². The van der Waals surface area contributed by atoms with Gasteiger partial charge in [0.1, 0.15) is 5.75 Å². The van der Waals surface area contributed by atoms with Gasteiger partial charge in [0.25, 0.3) is 0 Å². The van der Waals surface area contributed by atoms with E-state index in [0.717, 1.165) is 11.1 Å². The predicted molar refractivity (Wildman–Crippen MR) is 90.6 cm³/mol. The second-order valence-corrected chi connectivity index (χ2v) is 5.34. The Bertz CT molecular complexity index is 811. The van der Waals surface area contributed by atoms with Crippen LogP contribution in [0.15, 0.2) is 59.3 Å². The van der Waals surface area contributed by atoms with Crippen LogP contribution in [0, 0.1) is 4.91 Å². The number of hydrogen-bond acceptors (Lipinski definition) is 5. The summed E-state index contributed by atoms with van der Waals surface area (Å²) in [4.78, 5) is 24.0. The molecule has 0 spiro atoms. The molecule has 0 heterocycles. The normalized spacial score (nSPS) is 15.8. The molecule has 0 saturated carbocycles. The minimum Gasteiger partial charge on any atom is -0.497 e. The van der Waals surface area contributed by atoms with E-state index in [2.05, 4.69) is 5.18 Å². The van der Waals surface area contributed by atoms with Crippen LogP contribution in [0.2, 0.25) is 0 Å². The molecule has 1 aliphatic rings. The van der Waals surface area contributed by atoms with Crippen LogP contribution in [0.25, 0.3) is 5.57 Å². The molecule has 0 radical (unpaired) electrons. The first-order chi connectivity index (χ1) is 11.7. The summed E-state index contributed by atoms with van der Waals surface area (Å²) in [7, 11) is 1.55. The van der Waals surface area contributed by atoms with E-state index in [1.54, 1.807) is 26.2 Å². The lowest BCUT2D eigenvalue weighted by molar-refractivity contribution is -0.138. The number of carbonyl (C=O) groups is 1. The van der Waals surface area contributed by atoms with E-state index in [-0.39, 0.29) is 12.2 Å². The Hall–Kier alpha value is -2.95. The molecule has 0 saturated heterocycles. The van der Waals surface area contributed by atoms with E-state index in [9.17, 15) is 9.70 Å². The molecule has 1 atom stereocenters. The highest BCUT2D eigenvalue weighted by molar-refractivity contribution is 6.06. The maximum atomic E-state index is 12.5. The van der Waals surface area contributed by atoms with Crippen molar-refractivity contribution in [2.45, 2.75) is 13.0 Å². The minimum absolute atomic E-state index is 0.232. The molecule has 122 valence electrons. The van der Waals surface area contributed by atoms with E-state index in [0.29, 0.717) is 16.9 Å². The summed E-state index contributed by atoms with van der Waals surface area (Å²) in [6, 6.07) is 14.0. The number of carbonyl (C=O) groups excluding carboxylic acids is 1. The molecule has 24 heavy (non-hydrogen) atoms. The van der Waals surface area contributed by atoms with Gasteiger partial charge in [-0.15, -0.1) is 4.91 Å². The highest BCUT2D eigenvalue weighted by atomic mass is 16.5. The van der Waals surface area contributed by atoms with E-state index in [4.69, 9.17) is 9.47 Å². The van der Waals surface area contributed by atoms with Gasteiger partial charge in [0.15, 0.2) is 6.04 Å². The van der Waals surface area contributed by atoms with Crippen molar-refractivity contribution < 1.29 is 14.3 Å². The van der Waals surface area contributed by atoms with Gasteiger partial charge < -0.3 is 9.47 Å². The first kappa shape index (κ1) is 15.9. The molecule has 0 N–H and O–H groups in total. The van der Waals surface area contributed by atoms with Gasteiger partial charge in [0, 0.05) is 5.57 Å². The molecule has 0 amide bonds. The Morgan fingerprint density at radius 3 is 2.54 bits per heavy atom. The fourth-order valence-electron chi connectivity index (χ4n) is 3.01. The van der Waals surface area contributed by atoms with Crippen LogP contribution < -0.4 is 4.74 Å². The van der Waals surface area contributed by atoms with Crippen molar-refractivity contribution >= 4 is 11.5 Å². The van der Waals surface area contributed by atoms with Crippen molar-refractivity contribution in [3.8, 4) is 5.75 Å². The fraction of sp³-hybridized carbons (Fsp3) is 0.211. The van der Waals surface area contributed by atoms with Crippen LogP contribution in [0.3, 0.4) is 0 Å². The standard InChI is InChI=1S/C19H17NO4/c1-3-24-19(21)17-16(12-7-5-4-6-8-12)14-10-9-13(23-2)11-15(14)18(17)20-22/h4-11,18H,3H2,1-2H3. The zero-order valence-electron chi connectivity index (χ0n) is 13.5. The second-order valence-electron chi connectivity index (χ2n) is 5.34. The van der Waals surface area contributed by atoms with E-state index in [1.807, 2.05) is 36.4 Å². The maximum absolute atomic E-state index is 12.5. The molecule has 2 aromatic carbocycles. The Morgan fingerprint density at radius 1 is 1.17 bits per heavy atom.